The van der Waals surface area contributed by atoms with E-state index in [9.17, 15) is 0 Å². The molecular weight excluding hydrogens is 282 g/mol. The summed E-state index contributed by atoms with van der Waals surface area (Å²) in [5, 5.41) is 4.17. The number of methoxy groups -OCH3 is 1. The second-order valence-electron chi connectivity index (χ2n) is 4.08. The molecule has 0 aliphatic carbocycles. The maximum absolute atomic E-state index is 5.98. The first-order chi connectivity index (χ1) is 9.31. The predicted octanol–water partition coefficient (Wildman–Crippen LogP) is 3.29. The molecular formula is C13H12ClN3OS. The number of aromatic nitrogens is 3. The highest BCUT2D eigenvalue weighted by atomic mass is 35.5. The maximum Gasteiger partial charge on any atom is 0.215 e. The summed E-state index contributed by atoms with van der Waals surface area (Å²) in [6.45, 7) is 0.724. The SMILES string of the molecule is COc1ccc2nc(CCl)n(Cc3ccsc3)c2n1. The van der Waals surface area contributed by atoms with Gasteiger partial charge in [-0.1, -0.05) is 0 Å². The molecule has 0 aliphatic rings. The van der Waals surface area contributed by atoms with Gasteiger partial charge in [0.2, 0.25) is 5.88 Å². The molecule has 3 rings (SSSR count). The average molecular weight is 294 g/mol. The molecule has 0 aromatic carbocycles. The monoisotopic (exact) mass is 293 g/mol. The van der Waals surface area contributed by atoms with Crippen molar-refractivity contribution in [2.75, 3.05) is 7.11 Å². The average Bonchev–Trinajstić information content (AvgIpc) is 3.07. The summed E-state index contributed by atoms with van der Waals surface area (Å²) in [4.78, 5) is 8.97. The Labute approximate surface area is 119 Å². The van der Waals surface area contributed by atoms with Gasteiger partial charge in [0.15, 0.2) is 5.65 Å². The third-order valence-corrected chi connectivity index (χ3v) is 3.87. The molecule has 0 spiro atoms. The molecule has 98 valence electrons. The number of hydrogen-bond donors (Lipinski definition) is 0. The fraction of sp³-hybridized carbons (Fsp3) is 0.231. The molecule has 3 aromatic heterocycles. The third kappa shape index (κ3) is 2.31. The molecule has 0 atom stereocenters. The van der Waals surface area contributed by atoms with Crippen molar-refractivity contribution in [1.29, 1.82) is 0 Å². The van der Waals surface area contributed by atoms with Crippen molar-refractivity contribution in [2.24, 2.45) is 0 Å². The number of alkyl halides is 1. The number of pyridine rings is 1. The van der Waals surface area contributed by atoms with Crippen LogP contribution in [0.2, 0.25) is 0 Å². The van der Waals surface area contributed by atoms with E-state index in [1.165, 1.54) is 5.56 Å². The van der Waals surface area contributed by atoms with Gasteiger partial charge >= 0.3 is 0 Å². The van der Waals surface area contributed by atoms with Crippen LogP contribution in [-0.2, 0) is 12.4 Å². The molecule has 6 heteroatoms. The number of imidazole rings is 1. The van der Waals surface area contributed by atoms with E-state index in [1.54, 1.807) is 18.4 Å². The van der Waals surface area contributed by atoms with Crippen LogP contribution in [0.3, 0.4) is 0 Å². The van der Waals surface area contributed by atoms with E-state index >= 15 is 0 Å². The fourth-order valence-corrected chi connectivity index (χ4v) is 2.84. The van der Waals surface area contributed by atoms with Gasteiger partial charge in [0.1, 0.15) is 11.3 Å². The van der Waals surface area contributed by atoms with Crippen LogP contribution in [0.15, 0.2) is 29.0 Å². The lowest BCUT2D eigenvalue weighted by Crippen LogP contribution is -2.04. The Morgan fingerprint density at radius 3 is 2.89 bits per heavy atom. The Bertz CT molecular complexity index is 693. The van der Waals surface area contributed by atoms with Crippen LogP contribution in [0.1, 0.15) is 11.4 Å². The van der Waals surface area contributed by atoms with Crippen molar-refractivity contribution in [1.82, 2.24) is 14.5 Å². The summed E-state index contributed by atoms with van der Waals surface area (Å²) in [6.07, 6.45) is 0. The van der Waals surface area contributed by atoms with E-state index in [4.69, 9.17) is 16.3 Å². The van der Waals surface area contributed by atoms with Crippen LogP contribution in [-0.4, -0.2) is 21.6 Å². The highest BCUT2D eigenvalue weighted by molar-refractivity contribution is 7.07. The highest BCUT2D eigenvalue weighted by Crippen LogP contribution is 2.21. The van der Waals surface area contributed by atoms with Crippen LogP contribution < -0.4 is 4.74 Å². The van der Waals surface area contributed by atoms with Gasteiger partial charge in [-0.05, 0) is 28.5 Å². The molecule has 0 aliphatic heterocycles. The molecule has 0 N–H and O–H groups in total. The minimum absolute atomic E-state index is 0.364. The first kappa shape index (κ1) is 12.4. The predicted molar refractivity (Wildman–Crippen MR) is 77.1 cm³/mol. The normalized spacial score (nSPS) is 11.1. The molecule has 0 unspecified atom stereocenters. The van der Waals surface area contributed by atoms with Crippen molar-refractivity contribution in [3.8, 4) is 5.88 Å². The summed E-state index contributed by atoms with van der Waals surface area (Å²) in [6, 6.07) is 5.80. The first-order valence-electron chi connectivity index (χ1n) is 5.79. The third-order valence-electron chi connectivity index (χ3n) is 2.90. The summed E-state index contributed by atoms with van der Waals surface area (Å²) in [5.41, 5.74) is 2.87. The zero-order chi connectivity index (χ0) is 13.2. The molecule has 0 amide bonds. The van der Waals surface area contributed by atoms with Crippen LogP contribution in [0.5, 0.6) is 5.88 Å². The zero-order valence-electron chi connectivity index (χ0n) is 10.3. The van der Waals surface area contributed by atoms with Crippen molar-refractivity contribution in [2.45, 2.75) is 12.4 Å². The Kier molecular flexibility index (Phi) is 3.40. The van der Waals surface area contributed by atoms with Crippen molar-refractivity contribution >= 4 is 34.1 Å². The number of thiophene rings is 1. The molecule has 0 bridgehead atoms. The quantitative estimate of drug-likeness (QED) is 0.693. The number of halogens is 1. The second kappa shape index (κ2) is 5.19. The molecule has 0 saturated carbocycles. The second-order valence-corrected chi connectivity index (χ2v) is 5.12. The number of ether oxygens (including phenoxy) is 1. The van der Waals surface area contributed by atoms with E-state index in [-0.39, 0.29) is 0 Å². The van der Waals surface area contributed by atoms with Crippen molar-refractivity contribution in [3.63, 3.8) is 0 Å². The van der Waals surface area contributed by atoms with Gasteiger partial charge in [-0.15, -0.1) is 11.6 Å². The van der Waals surface area contributed by atoms with Crippen LogP contribution in [0.4, 0.5) is 0 Å². The van der Waals surface area contributed by atoms with Gasteiger partial charge < -0.3 is 9.30 Å². The molecule has 0 fully saturated rings. The molecule has 0 saturated heterocycles. The fourth-order valence-electron chi connectivity index (χ4n) is 1.98. The zero-order valence-corrected chi connectivity index (χ0v) is 11.9. The number of rotatable bonds is 4. The summed E-state index contributed by atoms with van der Waals surface area (Å²) < 4.78 is 7.21. The van der Waals surface area contributed by atoms with E-state index in [0.717, 1.165) is 23.5 Å². The standard InChI is InChI=1S/C13H12ClN3OS/c1-18-12-3-2-10-13(16-12)17(11(6-14)15-10)7-9-4-5-19-8-9/h2-5,8H,6-7H2,1H3. The molecule has 0 radical (unpaired) electrons. The molecule has 4 nitrogen and oxygen atoms in total. The van der Waals surface area contributed by atoms with Gasteiger partial charge in [-0.2, -0.15) is 16.3 Å². The Balaban J connectivity index is 2.13. The molecule has 3 heterocycles. The van der Waals surface area contributed by atoms with E-state index < -0.39 is 0 Å². The van der Waals surface area contributed by atoms with Gasteiger partial charge in [0, 0.05) is 6.07 Å². The summed E-state index contributed by atoms with van der Waals surface area (Å²) in [5.74, 6) is 1.77. The summed E-state index contributed by atoms with van der Waals surface area (Å²) >= 11 is 7.65. The van der Waals surface area contributed by atoms with Gasteiger partial charge in [-0.25, -0.2) is 4.98 Å². The largest absolute Gasteiger partial charge is 0.481 e. The number of nitrogens with zero attached hydrogens (tertiary/aromatic N) is 3. The lowest BCUT2D eigenvalue weighted by Gasteiger charge is -2.06. The minimum Gasteiger partial charge on any atom is -0.481 e. The first-order valence-corrected chi connectivity index (χ1v) is 7.26. The van der Waals surface area contributed by atoms with Crippen LogP contribution in [0, 0.1) is 0 Å². The Morgan fingerprint density at radius 1 is 1.32 bits per heavy atom. The van der Waals surface area contributed by atoms with Crippen molar-refractivity contribution in [3.05, 3.63) is 40.3 Å². The Morgan fingerprint density at radius 2 is 2.21 bits per heavy atom. The van der Waals surface area contributed by atoms with Crippen molar-refractivity contribution < 1.29 is 4.74 Å². The summed E-state index contributed by atoms with van der Waals surface area (Å²) in [7, 11) is 1.61. The van der Waals surface area contributed by atoms with Crippen LogP contribution in [0.25, 0.3) is 11.2 Å². The van der Waals surface area contributed by atoms with E-state index in [2.05, 4.69) is 26.8 Å². The molecule has 3 aromatic rings. The van der Waals surface area contributed by atoms with E-state index in [0.29, 0.717) is 11.8 Å². The maximum atomic E-state index is 5.98. The van der Waals surface area contributed by atoms with Gasteiger partial charge in [0.05, 0.1) is 19.5 Å². The molecule has 19 heavy (non-hydrogen) atoms. The van der Waals surface area contributed by atoms with Gasteiger partial charge in [-0.3, -0.25) is 0 Å². The van der Waals surface area contributed by atoms with Crippen LogP contribution >= 0.6 is 22.9 Å². The lowest BCUT2D eigenvalue weighted by molar-refractivity contribution is 0.399. The lowest BCUT2D eigenvalue weighted by atomic mass is 10.3. The number of fused-ring (bicyclic) bond motifs is 1. The van der Waals surface area contributed by atoms with E-state index in [1.807, 2.05) is 16.7 Å². The Hall–Kier alpha value is -1.59. The smallest absolute Gasteiger partial charge is 0.215 e. The number of hydrogen-bond acceptors (Lipinski definition) is 4. The van der Waals surface area contributed by atoms with Gasteiger partial charge in [0.25, 0.3) is 0 Å². The highest BCUT2D eigenvalue weighted by Gasteiger charge is 2.12. The topological polar surface area (TPSA) is 39.9 Å². The minimum atomic E-state index is 0.364.